The molecule has 1 N–H and O–H groups in total. The molecular weight excluding hydrogens is 161 g/mol. The Morgan fingerprint density at radius 2 is 2.33 bits per heavy atom. The van der Waals surface area contributed by atoms with Crippen molar-refractivity contribution >= 4 is 0 Å². The third-order valence-corrected chi connectivity index (χ3v) is 1.68. The van der Waals surface area contributed by atoms with Crippen molar-refractivity contribution in [1.82, 2.24) is 4.98 Å². The van der Waals surface area contributed by atoms with Crippen molar-refractivity contribution in [2.75, 3.05) is 7.11 Å². The van der Waals surface area contributed by atoms with Crippen LogP contribution in [0.2, 0.25) is 0 Å². The van der Waals surface area contributed by atoms with E-state index in [1.165, 1.54) is 7.11 Å². The SMILES string of the molecule is COc1c(F)cnc(CO)c1C. The largest absolute Gasteiger partial charge is 0.493 e. The van der Waals surface area contributed by atoms with Crippen LogP contribution in [0.15, 0.2) is 6.20 Å². The van der Waals surface area contributed by atoms with Gasteiger partial charge >= 0.3 is 0 Å². The molecular formula is C8H10FNO2. The van der Waals surface area contributed by atoms with E-state index < -0.39 is 5.82 Å². The Morgan fingerprint density at radius 1 is 1.67 bits per heavy atom. The standard InChI is InChI=1S/C8H10FNO2/c1-5-7(4-11)10-3-6(9)8(5)12-2/h3,11H,4H2,1-2H3. The second-order valence-corrected chi connectivity index (χ2v) is 2.37. The first-order chi connectivity index (χ1) is 5.70. The molecule has 4 heteroatoms. The van der Waals surface area contributed by atoms with E-state index in [0.717, 1.165) is 6.20 Å². The van der Waals surface area contributed by atoms with Gasteiger partial charge in [0.1, 0.15) is 0 Å². The van der Waals surface area contributed by atoms with E-state index in [9.17, 15) is 4.39 Å². The number of aliphatic hydroxyl groups is 1. The maximum Gasteiger partial charge on any atom is 0.183 e. The van der Waals surface area contributed by atoms with Gasteiger partial charge in [0.05, 0.1) is 25.6 Å². The fourth-order valence-corrected chi connectivity index (χ4v) is 1.01. The van der Waals surface area contributed by atoms with Gasteiger partial charge in [-0.3, -0.25) is 4.98 Å². The van der Waals surface area contributed by atoms with E-state index in [0.29, 0.717) is 11.3 Å². The topological polar surface area (TPSA) is 42.4 Å². The van der Waals surface area contributed by atoms with E-state index in [1.54, 1.807) is 6.92 Å². The normalized spacial score (nSPS) is 10.0. The van der Waals surface area contributed by atoms with Gasteiger partial charge in [0.2, 0.25) is 0 Å². The van der Waals surface area contributed by atoms with Gasteiger partial charge in [-0.15, -0.1) is 0 Å². The van der Waals surface area contributed by atoms with Crippen LogP contribution < -0.4 is 4.74 Å². The summed E-state index contributed by atoms with van der Waals surface area (Å²) in [4.78, 5) is 3.70. The molecule has 0 amide bonds. The molecule has 0 atom stereocenters. The summed E-state index contributed by atoms with van der Waals surface area (Å²) < 4.78 is 17.7. The Morgan fingerprint density at radius 3 is 2.83 bits per heavy atom. The fourth-order valence-electron chi connectivity index (χ4n) is 1.01. The number of hydrogen-bond acceptors (Lipinski definition) is 3. The quantitative estimate of drug-likeness (QED) is 0.722. The molecule has 1 rings (SSSR count). The summed E-state index contributed by atoms with van der Waals surface area (Å²) in [5.74, 6) is -0.360. The molecule has 0 aliphatic rings. The predicted octanol–water partition coefficient (Wildman–Crippen LogP) is 1.03. The van der Waals surface area contributed by atoms with Gasteiger partial charge in [-0.25, -0.2) is 4.39 Å². The molecule has 66 valence electrons. The minimum absolute atomic E-state index is 0.147. The number of aromatic nitrogens is 1. The molecule has 1 heterocycles. The molecule has 0 saturated heterocycles. The first-order valence-corrected chi connectivity index (χ1v) is 3.49. The highest BCUT2D eigenvalue weighted by Crippen LogP contribution is 2.22. The number of hydrogen-bond donors (Lipinski definition) is 1. The van der Waals surface area contributed by atoms with E-state index in [2.05, 4.69) is 4.98 Å². The zero-order valence-electron chi connectivity index (χ0n) is 6.97. The van der Waals surface area contributed by atoms with Crippen LogP contribution in [0, 0.1) is 12.7 Å². The minimum Gasteiger partial charge on any atom is -0.493 e. The summed E-state index contributed by atoms with van der Waals surface area (Å²) >= 11 is 0. The van der Waals surface area contributed by atoms with Gasteiger partial charge in [0.25, 0.3) is 0 Å². The lowest BCUT2D eigenvalue weighted by atomic mass is 10.2. The molecule has 0 aromatic carbocycles. The molecule has 0 fully saturated rings. The van der Waals surface area contributed by atoms with E-state index in [-0.39, 0.29) is 12.4 Å². The number of rotatable bonds is 2. The molecule has 3 nitrogen and oxygen atoms in total. The molecule has 1 aromatic rings. The molecule has 0 bridgehead atoms. The van der Waals surface area contributed by atoms with Crippen LogP contribution in [0.25, 0.3) is 0 Å². The number of ether oxygens (including phenoxy) is 1. The minimum atomic E-state index is -0.507. The molecule has 12 heavy (non-hydrogen) atoms. The second-order valence-electron chi connectivity index (χ2n) is 2.37. The van der Waals surface area contributed by atoms with Gasteiger partial charge in [0.15, 0.2) is 11.6 Å². The van der Waals surface area contributed by atoms with Crippen LogP contribution in [0.3, 0.4) is 0 Å². The third-order valence-electron chi connectivity index (χ3n) is 1.68. The summed E-state index contributed by atoms with van der Waals surface area (Å²) in [5.41, 5.74) is 0.980. The highest BCUT2D eigenvalue weighted by molar-refractivity contribution is 5.35. The maximum absolute atomic E-state index is 12.9. The summed E-state index contributed by atoms with van der Waals surface area (Å²) in [6.07, 6.45) is 1.04. The Balaban J connectivity index is 3.24. The predicted molar refractivity (Wildman–Crippen MR) is 41.4 cm³/mol. The lowest BCUT2D eigenvalue weighted by molar-refractivity contribution is 0.273. The van der Waals surface area contributed by atoms with Crippen molar-refractivity contribution in [3.8, 4) is 5.75 Å². The lowest BCUT2D eigenvalue weighted by Gasteiger charge is -2.07. The van der Waals surface area contributed by atoms with Crippen LogP contribution in [0.5, 0.6) is 5.75 Å². The van der Waals surface area contributed by atoms with Crippen LogP contribution in [-0.4, -0.2) is 17.2 Å². The lowest BCUT2D eigenvalue weighted by Crippen LogP contribution is -1.99. The van der Waals surface area contributed by atoms with Crippen LogP contribution in [-0.2, 0) is 6.61 Å². The van der Waals surface area contributed by atoms with Crippen molar-refractivity contribution in [3.63, 3.8) is 0 Å². The smallest absolute Gasteiger partial charge is 0.183 e. The highest BCUT2D eigenvalue weighted by atomic mass is 19.1. The molecule has 0 saturated carbocycles. The molecule has 0 radical (unpaired) electrons. The van der Waals surface area contributed by atoms with Crippen molar-refractivity contribution in [1.29, 1.82) is 0 Å². The number of nitrogens with zero attached hydrogens (tertiary/aromatic N) is 1. The second kappa shape index (κ2) is 3.49. The first kappa shape index (κ1) is 8.93. The van der Waals surface area contributed by atoms with E-state index >= 15 is 0 Å². The van der Waals surface area contributed by atoms with Crippen LogP contribution in [0.4, 0.5) is 4.39 Å². The summed E-state index contributed by atoms with van der Waals surface area (Å²) in [5, 5.41) is 8.79. The van der Waals surface area contributed by atoms with Gasteiger partial charge < -0.3 is 9.84 Å². The average Bonchev–Trinajstić information content (AvgIpc) is 2.06. The highest BCUT2D eigenvalue weighted by Gasteiger charge is 2.10. The van der Waals surface area contributed by atoms with Crippen molar-refractivity contribution in [3.05, 3.63) is 23.3 Å². The Labute approximate surface area is 69.8 Å². The summed E-state index contributed by atoms with van der Waals surface area (Å²) in [6, 6.07) is 0. The Hall–Kier alpha value is -1.16. The van der Waals surface area contributed by atoms with Crippen LogP contribution in [0.1, 0.15) is 11.3 Å². The molecule has 1 aromatic heterocycles. The number of pyridine rings is 1. The van der Waals surface area contributed by atoms with Gasteiger partial charge in [-0.2, -0.15) is 0 Å². The van der Waals surface area contributed by atoms with E-state index in [4.69, 9.17) is 9.84 Å². The number of halogens is 1. The van der Waals surface area contributed by atoms with Gasteiger partial charge in [-0.05, 0) is 6.92 Å². The molecule has 0 aliphatic carbocycles. The van der Waals surface area contributed by atoms with Crippen LogP contribution >= 0.6 is 0 Å². The van der Waals surface area contributed by atoms with Crippen molar-refractivity contribution < 1.29 is 14.2 Å². The third kappa shape index (κ3) is 1.38. The first-order valence-electron chi connectivity index (χ1n) is 3.49. The monoisotopic (exact) mass is 171 g/mol. The van der Waals surface area contributed by atoms with E-state index in [1.807, 2.05) is 0 Å². The van der Waals surface area contributed by atoms with Crippen molar-refractivity contribution in [2.45, 2.75) is 13.5 Å². The zero-order valence-corrected chi connectivity index (χ0v) is 6.97. The van der Waals surface area contributed by atoms with Crippen molar-refractivity contribution in [2.24, 2.45) is 0 Å². The number of methoxy groups -OCH3 is 1. The summed E-state index contributed by atoms with van der Waals surface area (Å²) in [6.45, 7) is 1.45. The Kier molecular flexibility index (Phi) is 2.60. The Bertz CT molecular complexity index is 289. The molecule has 0 unspecified atom stereocenters. The zero-order chi connectivity index (χ0) is 9.14. The average molecular weight is 171 g/mol. The van der Waals surface area contributed by atoms with Gasteiger partial charge in [-0.1, -0.05) is 0 Å². The maximum atomic E-state index is 12.9. The number of aliphatic hydroxyl groups excluding tert-OH is 1. The molecule has 0 spiro atoms. The molecule has 0 aliphatic heterocycles. The summed E-state index contributed by atoms with van der Waals surface area (Å²) in [7, 11) is 1.38. The van der Waals surface area contributed by atoms with Gasteiger partial charge in [0, 0.05) is 5.56 Å². The fraction of sp³-hybridized carbons (Fsp3) is 0.375.